The maximum absolute atomic E-state index is 13.5. The third-order valence-corrected chi connectivity index (χ3v) is 7.70. The number of thioether (sulfide) groups is 1. The number of rotatable bonds is 7. The predicted octanol–water partition coefficient (Wildman–Crippen LogP) is 6.75. The number of para-hydroxylation sites is 1. The van der Waals surface area contributed by atoms with Crippen LogP contribution in [-0.4, -0.2) is 17.7 Å². The van der Waals surface area contributed by atoms with E-state index in [9.17, 15) is 14.4 Å². The number of amides is 3. The lowest BCUT2D eigenvalue weighted by atomic mass is 10.3. The van der Waals surface area contributed by atoms with Crippen LogP contribution in [0.15, 0.2) is 116 Å². The zero-order valence-electron chi connectivity index (χ0n) is 18.6. The van der Waals surface area contributed by atoms with E-state index in [1.807, 2.05) is 47.8 Å². The van der Waals surface area contributed by atoms with Crippen LogP contribution < -0.4 is 15.5 Å². The molecule has 5 rings (SSSR count). The quantitative estimate of drug-likeness (QED) is 0.238. The zero-order chi connectivity index (χ0) is 25.1. The van der Waals surface area contributed by atoms with E-state index in [2.05, 4.69) is 26.6 Å². The van der Waals surface area contributed by atoms with E-state index < -0.39 is 11.8 Å². The first kappa shape index (κ1) is 24.1. The number of halogens is 1. The van der Waals surface area contributed by atoms with Crippen molar-refractivity contribution in [2.45, 2.75) is 4.90 Å². The maximum atomic E-state index is 13.5. The second kappa shape index (κ2) is 10.5. The summed E-state index contributed by atoms with van der Waals surface area (Å²) in [5, 5.41) is 7.86. The molecule has 2 heterocycles. The van der Waals surface area contributed by atoms with Crippen molar-refractivity contribution < 1.29 is 14.4 Å². The topological polar surface area (TPSA) is 78.5 Å². The van der Waals surface area contributed by atoms with E-state index >= 15 is 0 Å². The van der Waals surface area contributed by atoms with Gasteiger partial charge in [-0.15, -0.1) is 11.3 Å². The van der Waals surface area contributed by atoms with Gasteiger partial charge in [-0.25, -0.2) is 4.90 Å². The first-order valence-corrected chi connectivity index (χ1v) is 13.3. The van der Waals surface area contributed by atoms with Gasteiger partial charge in [0, 0.05) is 20.7 Å². The summed E-state index contributed by atoms with van der Waals surface area (Å²) < 4.78 is 0.901. The highest BCUT2D eigenvalue weighted by atomic mass is 79.9. The van der Waals surface area contributed by atoms with Crippen LogP contribution in [-0.2, 0) is 9.59 Å². The minimum absolute atomic E-state index is 0.198. The number of anilines is 3. The van der Waals surface area contributed by atoms with Crippen LogP contribution in [0.25, 0.3) is 0 Å². The molecule has 9 heteroatoms. The number of nitrogens with zero attached hydrogens (tertiary/aromatic N) is 1. The fourth-order valence-corrected chi connectivity index (χ4v) is 5.43. The first-order valence-electron chi connectivity index (χ1n) is 10.8. The van der Waals surface area contributed by atoms with Crippen molar-refractivity contribution in [3.63, 3.8) is 0 Å². The summed E-state index contributed by atoms with van der Waals surface area (Å²) in [5.74, 6) is -1.05. The molecule has 3 aromatic carbocycles. The Balaban J connectivity index is 1.46. The summed E-state index contributed by atoms with van der Waals surface area (Å²) in [4.78, 5) is 42.2. The monoisotopic (exact) mass is 575 g/mol. The van der Waals surface area contributed by atoms with E-state index in [1.165, 1.54) is 28.0 Å². The van der Waals surface area contributed by atoms with Crippen molar-refractivity contribution in [3.05, 3.63) is 116 Å². The van der Waals surface area contributed by atoms with Gasteiger partial charge in [-0.05, 0) is 66.0 Å². The van der Waals surface area contributed by atoms with E-state index in [1.54, 1.807) is 48.5 Å². The Hall–Kier alpha value is -3.66. The van der Waals surface area contributed by atoms with E-state index in [-0.39, 0.29) is 16.5 Å². The Bertz CT molecular complexity index is 1470. The fourth-order valence-electron chi connectivity index (χ4n) is 3.56. The summed E-state index contributed by atoms with van der Waals surface area (Å²) in [5.41, 5.74) is 1.97. The third-order valence-electron chi connectivity index (χ3n) is 5.23. The van der Waals surface area contributed by atoms with Gasteiger partial charge in [-0.3, -0.25) is 14.4 Å². The molecule has 0 bridgehead atoms. The first-order chi connectivity index (χ1) is 17.5. The molecule has 6 nitrogen and oxygen atoms in total. The van der Waals surface area contributed by atoms with E-state index in [0.717, 1.165) is 4.47 Å². The maximum Gasteiger partial charge on any atom is 0.283 e. The van der Waals surface area contributed by atoms with Gasteiger partial charge in [0.15, 0.2) is 0 Å². The van der Waals surface area contributed by atoms with Gasteiger partial charge in [0.25, 0.3) is 17.7 Å². The number of thiophene rings is 1. The predicted molar refractivity (Wildman–Crippen MR) is 148 cm³/mol. The number of nitrogens with one attached hydrogen (secondary N) is 2. The molecule has 1 aliphatic heterocycles. The molecular weight excluding hydrogens is 558 g/mol. The Labute approximate surface area is 224 Å². The molecule has 0 atom stereocenters. The van der Waals surface area contributed by atoms with E-state index in [4.69, 9.17) is 0 Å². The van der Waals surface area contributed by atoms with Gasteiger partial charge < -0.3 is 10.6 Å². The molecule has 4 aromatic rings. The lowest BCUT2D eigenvalue weighted by molar-refractivity contribution is -0.120. The summed E-state index contributed by atoms with van der Waals surface area (Å²) in [6.07, 6.45) is 0. The Kier molecular flexibility index (Phi) is 7.04. The molecule has 1 aliphatic rings. The van der Waals surface area contributed by atoms with Crippen LogP contribution in [0.1, 0.15) is 9.67 Å². The number of hydrogen-bond donors (Lipinski definition) is 2. The van der Waals surface area contributed by atoms with Crippen LogP contribution in [0.2, 0.25) is 0 Å². The normalized spacial score (nSPS) is 13.3. The molecule has 0 radical (unpaired) electrons. The molecule has 0 aliphatic carbocycles. The van der Waals surface area contributed by atoms with Crippen LogP contribution in [0, 0.1) is 0 Å². The van der Waals surface area contributed by atoms with Gasteiger partial charge in [0.05, 0.1) is 10.6 Å². The SMILES string of the molecule is O=C(Nc1cccc(SC2=C(Nc3ccc(Br)cc3)C(=O)N(c3ccccc3)C2=O)c1)c1cccs1. The Morgan fingerprint density at radius 3 is 2.33 bits per heavy atom. The summed E-state index contributed by atoms with van der Waals surface area (Å²) in [6, 6.07) is 27.0. The second-order valence-corrected chi connectivity index (χ2v) is 10.6. The number of imide groups is 1. The Morgan fingerprint density at radius 1 is 0.833 bits per heavy atom. The van der Waals surface area contributed by atoms with Crippen molar-refractivity contribution in [1.29, 1.82) is 0 Å². The lowest BCUT2D eigenvalue weighted by Gasteiger charge is -2.15. The fraction of sp³-hybridized carbons (Fsp3) is 0. The van der Waals surface area contributed by atoms with Crippen molar-refractivity contribution in [1.82, 2.24) is 0 Å². The molecule has 3 amide bonds. The number of carbonyl (C=O) groups excluding carboxylic acids is 3. The largest absolute Gasteiger partial charge is 0.350 e. The number of carbonyl (C=O) groups is 3. The smallest absolute Gasteiger partial charge is 0.283 e. The number of hydrogen-bond acceptors (Lipinski definition) is 6. The van der Waals surface area contributed by atoms with Crippen LogP contribution in [0.5, 0.6) is 0 Å². The second-order valence-electron chi connectivity index (χ2n) is 7.68. The zero-order valence-corrected chi connectivity index (χ0v) is 21.8. The molecule has 0 saturated carbocycles. The summed E-state index contributed by atoms with van der Waals surface area (Å²) in [7, 11) is 0. The Morgan fingerprint density at radius 2 is 1.61 bits per heavy atom. The third kappa shape index (κ3) is 5.13. The molecule has 0 spiro atoms. The minimum Gasteiger partial charge on any atom is -0.350 e. The molecule has 0 fully saturated rings. The standard InChI is InChI=1S/C27H18BrN3O3S2/c28-17-11-13-18(14-12-17)29-23-24(27(34)31(26(23)33)20-7-2-1-3-8-20)36-21-9-4-6-19(16-21)30-25(32)22-10-5-15-35-22/h1-16,29H,(H,30,32). The van der Waals surface area contributed by atoms with Crippen LogP contribution >= 0.6 is 39.0 Å². The molecule has 178 valence electrons. The van der Waals surface area contributed by atoms with Gasteiger partial charge in [-0.2, -0.15) is 0 Å². The van der Waals surface area contributed by atoms with Crippen molar-refractivity contribution in [2.75, 3.05) is 15.5 Å². The van der Waals surface area contributed by atoms with Gasteiger partial charge >= 0.3 is 0 Å². The van der Waals surface area contributed by atoms with Crippen molar-refractivity contribution in [2.24, 2.45) is 0 Å². The van der Waals surface area contributed by atoms with Gasteiger partial charge in [0.2, 0.25) is 0 Å². The average molecular weight is 576 g/mol. The van der Waals surface area contributed by atoms with Gasteiger partial charge in [0.1, 0.15) is 10.6 Å². The molecule has 0 saturated heterocycles. The molecule has 1 aromatic heterocycles. The van der Waals surface area contributed by atoms with Gasteiger partial charge in [-0.1, -0.05) is 58.0 Å². The summed E-state index contributed by atoms with van der Waals surface area (Å²) in [6.45, 7) is 0. The average Bonchev–Trinajstić information content (AvgIpc) is 3.50. The van der Waals surface area contributed by atoms with E-state index in [0.29, 0.717) is 26.8 Å². The number of benzene rings is 3. The lowest BCUT2D eigenvalue weighted by Crippen LogP contribution is -2.32. The minimum atomic E-state index is -0.432. The van der Waals surface area contributed by atoms with Crippen molar-refractivity contribution in [3.8, 4) is 0 Å². The van der Waals surface area contributed by atoms with Crippen molar-refractivity contribution >= 4 is 73.8 Å². The summed E-state index contributed by atoms with van der Waals surface area (Å²) >= 11 is 5.95. The molecular formula is C27H18BrN3O3S2. The molecule has 36 heavy (non-hydrogen) atoms. The van der Waals surface area contributed by atoms with Crippen LogP contribution in [0.3, 0.4) is 0 Å². The molecule has 2 N–H and O–H groups in total. The highest BCUT2D eigenvalue weighted by Crippen LogP contribution is 2.38. The highest BCUT2D eigenvalue weighted by Gasteiger charge is 2.40. The molecule has 0 unspecified atom stereocenters. The highest BCUT2D eigenvalue weighted by molar-refractivity contribution is 9.10. The van der Waals surface area contributed by atoms with Crippen LogP contribution in [0.4, 0.5) is 17.1 Å².